The molecule has 31 heavy (non-hydrogen) atoms. The monoisotopic (exact) mass is 448 g/mol. The van der Waals surface area contributed by atoms with Gasteiger partial charge in [-0.05, 0) is 30.2 Å². The van der Waals surface area contributed by atoms with Gasteiger partial charge in [-0.15, -0.1) is 6.58 Å². The van der Waals surface area contributed by atoms with Crippen LogP contribution < -0.4 is 10.9 Å². The maximum Gasteiger partial charge on any atom is 0.267 e. The number of anilines is 1. The van der Waals surface area contributed by atoms with Gasteiger partial charge >= 0.3 is 0 Å². The summed E-state index contributed by atoms with van der Waals surface area (Å²) in [5.74, 6) is 0.185. The van der Waals surface area contributed by atoms with Crippen LogP contribution in [0, 0.1) is 6.92 Å². The number of carbonyl (C=O) groups is 1. The van der Waals surface area contributed by atoms with Crippen LogP contribution in [-0.4, -0.2) is 31.1 Å². The summed E-state index contributed by atoms with van der Waals surface area (Å²) >= 11 is 6.63. The zero-order valence-corrected chi connectivity index (χ0v) is 18.5. The molecule has 3 heterocycles. The molecule has 0 radical (unpaired) electrons. The van der Waals surface area contributed by atoms with Crippen molar-refractivity contribution >= 4 is 51.7 Å². The van der Waals surface area contributed by atoms with E-state index in [4.69, 9.17) is 12.2 Å². The van der Waals surface area contributed by atoms with Crippen molar-refractivity contribution in [3.05, 3.63) is 93.3 Å². The number of nitrogens with zero attached hydrogens (tertiary/aromatic N) is 3. The van der Waals surface area contributed by atoms with Crippen LogP contribution in [0.5, 0.6) is 0 Å². The van der Waals surface area contributed by atoms with Gasteiger partial charge in [0, 0.05) is 12.7 Å². The molecule has 0 spiro atoms. The number of benzene rings is 1. The van der Waals surface area contributed by atoms with E-state index in [9.17, 15) is 9.59 Å². The number of amides is 1. The van der Waals surface area contributed by atoms with E-state index in [-0.39, 0.29) is 11.5 Å². The second-order valence-corrected chi connectivity index (χ2v) is 8.71. The summed E-state index contributed by atoms with van der Waals surface area (Å²) in [5, 5.41) is 3.11. The smallest absolute Gasteiger partial charge is 0.267 e. The normalized spacial score (nSPS) is 15.1. The van der Waals surface area contributed by atoms with Crippen molar-refractivity contribution in [3.8, 4) is 0 Å². The van der Waals surface area contributed by atoms with Crippen molar-refractivity contribution < 1.29 is 4.79 Å². The highest BCUT2D eigenvalue weighted by atomic mass is 32.2. The Bertz CT molecular complexity index is 1280. The molecule has 0 aliphatic carbocycles. The fraction of sp³-hybridized carbons (Fsp3) is 0.130. The van der Waals surface area contributed by atoms with E-state index < -0.39 is 0 Å². The molecule has 0 bridgehead atoms. The lowest BCUT2D eigenvalue weighted by molar-refractivity contribution is -0.122. The zero-order valence-electron chi connectivity index (χ0n) is 16.9. The maximum atomic E-state index is 13.3. The second-order valence-electron chi connectivity index (χ2n) is 7.04. The van der Waals surface area contributed by atoms with E-state index >= 15 is 0 Å². The standard InChI is InChI=1S/C23H20N4O2S2/c1-3-11-24-20-17(21(28)26-13-15(2)9-10-19(26)25-20)12-18-22(29)27(23(30)31-18)14-16-7-5-4-6-8-16/h3-10,12-13,24H,1,11,14H2,2H3/b18-12+. The van der Waals surface area contributed by atoms with Crippen LogP contribution in [0.4, 0.5) is 5.82 Å². The first-order valence-corrected chi connectivity index (χ1v) is 10.9. The van der Waals surface area contributed by atoms with Gasteiger partial charge in [-0.3, -0.25) is 18.9 Å². The highest BCUT2D eigenvalue weighted by molar-refractivity contribution is 8.26. The number of hydrogen-bond acceptors (Lipinski definition) is 6. The van der Waals surface area contributed by atoms with Crippen LogP contribution in [0.1, 0.15) is 16.7 Å². The number of thioether (sulfide) groups is 1. The Kier molecular flexibility index (Phi) is 6.01. The van der Waals surface area contributed by atoms with Gasteiger partial charge in [0.1, 0.15) is 15.8 Å². The fourth-order valence-corrected chi connectivity index (χ4v) is 4.46. The molecule has 0 saturated carbocycles. The van der Waals surface area contributed by atoms with E-state index in [1.54, 1.807) is 29.3 Å². The molecule has 4 rings (SSSR count). The van der Waals surface area contributed by atoms with Crippen LogP contribution in [0.2, 0.25) is 0 Å². The molecule has 1 aliphatic rings. The summed E-state index contributed by atoms with van der Waals surface area (Å²) in [6, 6.07) is 13.3. The summed E-state index contributed by atoms with van der Waals surface area (Å²) in [5.41, 5.74) is 2.49. The summed E-state index contributed by atoms with van der Waals surface area (Å²) in [6.07, 6.45) is 5.00. The Morgan fingerprint density at radius 1 is 1.19 bits per heavy atom. The fourth-order valence-electron chi connectivity index (χ4n) is 3.23. The molecule has 1 N–H and O–H groups in total. The average molecular weight is 449 g/mol. The summed E-state index contributed by atoms with van der Waals surface area (Å²) < 4.78 is 1.95. The number of nitrogens with one attached hydrogen (secondary N) is 1. The molecule has 0 atom stereocenters. The Labute approximate surface area is 189 Å². The number of hydrogen-bond donors (Lipinski definition) is 1. The lowest BCUT2D eigenvalue weighted by Crippen LogP contribution is -2.27. The highest BCUT2D eigenvalue weighted by Crippen LogP contribution is 2.34. The molecule has 1 saturated heterocycles. The number of aryl methyl sites for hydroxylation is 1. The van der Waals surface area contributed by atoms with E-state index in [1.807, 2.05) is 43.3 Å². The van der Waals surface area contributed by atoms with Crippen molar-refractivity contribution in [2.75, 3.05) is 11.9 Å². The van der Waals surface area contributed by atoms with Crippen molar-refractivity contribution in [3.63, 3.8) is 0 Å². The average Bonchev–Trinajstić information content (AvgIpc) is 3.03. The molecule has 1 aromatic carbocycles. The molecule has 2 aromatic heterocycles. The van der Waals surface area contributed by atoms with Gasteiger partial charge in [0.15, 0.2) is 0 Å². The minimum absolute atomic E-state index is 0.220. The largest absolute Gasteiger partial charge is 0.366 e. The van der Waals surface area contributed by atoms with Gasteiger partial charge < -0.3 is 5.32 Å². The van der Waals surface area contributed by atoms with Gasteiger partial charge in [-0.1, -0.05) is 66.5 Å². The van der Waals surface area contributed by atoms with Crippen LogP contribution in [0.25, 0.3) is 11.7 Å². The van der Waals surface area contributed by atoms with E-state index in [1.165, 1.54) is 16.2 Å². The first-order chi connectivity index (χ1) is 15.0. The highest BCUT2D eigenvalue weighted by Gasteiger charge is 2.32. The molecule has 8 heteroatoms. The van der Waals surface area contributed by atoms with Crippen LogP contribution >= 0.6 is 24.0 Å². The molecule has 0 unspecified atom stereocenters. The van der Waals surface area contributed by atoms with Crippen molar-refractivity contribution in [1.29, 1.82) is 0 Å². The predicted octanol–water partition coefficient (Wildman–Crippen LogP) is 4.00. The van der Waals surface area contributed by atoms with Crippen LogP contribution in [-0.2, 0) is 11.3 Å². The third kappa shape index (κ3) is 4.30. The minimum Gasteiger partial charge on any atom is -0.366 e. The molecular weight excluding hydrogens is 428 g/mol. The molecule has 3 aromatic rings. The number of pyridine rings is 1. The predicted molar refractivity (Wildman–Crippen MR) is 130 cm³/mol. The topological polar surface area (TPSA) is 66.7 Å². The number of rotatable bonds is 6. The number of thiocarbonyl (C=S) groups is 1. The Balaban J connectivity index is 1.76. The van der Waals surface area contributed by atoms with Crippen LogP contribution in [0.3, 0.4) is 0 Å². The molecule has 156 valence electrons. The molecule has 1 aliphatic heterocycles. The summed E-state index contributed by atoms with van der Waals surface area (Å²) in [6.45, 7) is 6.43. The third-order valence-corrected chi connectivity index (χ3v) is 6.13. The quantitative estimate of drug-likeness (QED) is 0.349. The minimum atomic E-state index is -0.256. The van der Waals surface area contributed by atoms with Crippen molar-refractivity contribution in [2.24, 2.45) is 0 Å². The first kappa shape index (κ1) is 21.0. The van der Waals surface area contributed by atoms with Crippen LogP contribution in [0.15, 0.2) is 71.0 Å². The molecular formula is C23H20N4O2S2. The number of aromatic nitrogens is 2. The Morgan fingerprint density at radius 2 is 1.97 bits per heavy atom. The summed E-state index contributed by atoms with van der Waals surface area (Å²) in [4.78, 5) is 32.8. The maximum absolute atomic E-state index is 13.3. The van der Waals surface area contributed by atoms with Gasteiger partial charge in [0.2, 0.25) is 0 Å². The number of fused-ring (bicyclic) bond motifs is 1. The van der Waals surface area contributed by atoms with E-state index in [0.29, 0.717) is 39.3 Å². The van der Waals surface area contributed by atoms with E-state index in [2.05, 4.69) is 16.9 Å². The van der Waals surface area contributed by atoms with Crippen molar-refractivity contribution in [1.82, 2.24) is 14.3 Å². The first-order valence-electron chi connectivity index (χ1n) is 9.65. The Hall–Kier alpha value is -3.23. The number of carbonyl (C=O) groups excluding carboxylic acids is 1. The third-order valence-electron chi connectivity index (χ3n) is 4.75. The molecule has 1 fully saturated rings. The lowest BCUT2D eigenvalue weighted by atomic mass is 10.2. The molecule has 6 nitrogen and oxygen atoms in total. The van der Waals surface area contributed by atoms with Gasteiger partial charge in [-0.2, -0.15) is 0 Å². The van der Waals surface area contributed by atoms with Crippen molar-refractivity contribution in [2.45, 2.75) is 13.5 Å². The molecule has 1 amide bonds. The van der Waals surface area contributed by atoms with E-state index in [0.717, 1.165) is 11.1 Å². The van der Waals surface area contributed by atoms with Gasteiger partial charge in [-0.25, -0.2) is 4.98 Å². The van der Waals surface area contributed by atoms with Gasteiger partial charge in [0.25, 0.3) is 11.5 Å². The summed E-state index contributed by atoms with van der Waals surface area (Å²) in [7, 11) is 0. The Morgan fingerprint density at radius 3 is 2.71 bits per heavy atom. The zero-order chi connectivity index (χ0) is 22.0. The van der Waals surface area contributed by atoms with Gasteiger partial charge in [0.05, 0.1) is 17.0 Å². The second kappa shape index (κ2) is 8.87. The lowest BCUT2D eigenvalue weighted by Gasteiger charge is -2.14. The SMILES string of the molecule is C=CCNc1nc2ccc(C)cn2c(=O)c1/C=C1/SC(=S)N(Cc2ccccc2)C1=O.